The van der Waals surface area contributed by atoms with Crippen molar-refractivity contribution < 1.29 is 14.4 Å². The van der Waals surface area contributed by atoms with Crippen LogP contribution in [0.3, 0.4) is 0 Å². The number of nitrogens with zero attached hydrogens (tertiary/aromatic N) is 3. The third kappa shape index (κ3) is 3.01. The van der Waals surface area contributed by atoms with Crippen LogP contribution in [0.4, 0.5) is 0 Å². The molecular formula is C10H17N3O3. The smallest absolute Gasteiger partial charge is 0.213 e. The minimum Gasteiger partial charge on any atom is -0.388 e. The molecule has 90 valence electrons. The number of rotatable bonds is 4. The number of hydrogen-bond donors (Lipinski definition) is 1. The maximum absolute atomic E-state index is 10.3. The molecule has 1 saturated heterocycles. The zero-order valence-corrected chi connectivity index (χ0v) is 9.43. The van der Waals surface area contributed by atoms with Gasteiger partial charge < -0.3 is 14.4 Å². The van der Waals surface area contributed by atoms with Crippen molar-refractivity contribution in [3.05, 3.63) is 12.2 Å². The summed E-state index contributed by atoms with van der Waals surface area (Å²) in [5.74, 6) is 0.637. The Morgan fingerprint density at radius 2 is 2.25 bits per heavy atom. The molecular weight excluding hydrogens is 210 g/mol. The molecule has 0 aromatic carbocycles. The summed E-state index contributed by atoms with van der Waals surface area (Å²) in [6.45, 7) is 2.45. The molecule has 1 aromatic heterocycles. The monoisotopic (exact) mass is 227 g/mol. The molecule has 6 heteroatoms. The van der Waals surface area contributed by atoms with Gasteiger partial charge in [0.2, 0.25) is 6.39 Å². The first-order chi connectivity index (χ1) is 7.68. The van der Waals surface area contributed by atoms with E-state index in [0.29, 0.717) is 45.0 Å². The van der Waals surface area contributed by atoms with Crippen molar-refractivity contribution in [3.8, 4) is 0 Å². The van der Waals surface area contributed by atoms with Gasteiger partial charge in [0, 0.05) is 32.6 Å². The van der Waals surface area contributed by atoms with E-state index in [4.69, 9.17) is 4.74 Å². The highest BCUT2D eigenvalue weighted by molar-refractivity contribution is 4.86. The number of aromatic nitrogens is 2. The highest BCUT2D eigenvalue weighted by Gasteiger charge is 2.31. The molecule has 0 amide bonds. The largest absolute Gasteiger partial charge is 0.388 e. The molecule has 1 aliphatic rings. The van der Waals surface area contributed by atoms with Crippen LogP contribution in [-0.2, 0) is 11.3 Å². The van der Waals surface area contributed by atoms with Crippen LogP contribution in [0.25, 0.3) is 0 Å². The molecule has 1 aromatic rings. The molecule has 2 rings (SSSR count). The number of likely N-dealkylation sites (N-methyl/N-ethyl adjacent to an activating group) is 1. The molecule has 16 heavy (non-hydrogen) atoms. The van der Waals surface area contributed by atoms with Gasteiger partial charge in [0.1, 0.15) is 0 Å². The predicted molar refractivity (Wildman–Crippen MR) is 55.6 cm³/mol. The van der Waals surface area contributed by atoms with E-state index >= 15 is 0 Å². The van der Waals surface area contributed by atoms with Gasteiger partial charge in [-0.3, -0.25) is 4.90 Å². The molecule has 1 N–H and O–H groups in total. The molecule has 6 nitrogen and oxygen atoms in total. The van der Waals surface area contributed by atoms with Crippen molar-refractivity contribution in [1.29, 1.82) is 0 Å². The van der Waals surface area contributed by atoms with Crippen molar-refractivity contribution in [2.75, 3.05) is 26.8 Å². The van der Waals surface area contributed by atoms with Gasteiger partial charge >= 0.3 is 0 Å². The summed E-state index contributed by atoms with van der Waals surface area (Å²) in [5.41, 5.74) is -0.642. The highest BCUT2D eigenvalue weighted by Crippen LogP contribution is 2.21. The van der Waals surface area contributed by atoms with Crippen LogP contribution in [0, 0.1) is 0 Å². The van der Waals surface area contributed by atoms with Gasteiger partial charge in [-0.15, -0.1) is 0 Å². The van der Waals surface area contributed by atoms with E-state index in [9.17, 15) is 5.11 Å². The Morgan fingerprint density at radius 3 is 2.88 bits per heavy atom. The van der Waals surface area contributed by atoms with Crippen LogP contribution >= 0.6 is 0 Å². The second-order valence-electron chi connectivity index (χ2n) is 4.36. The molecule has 0 aliphatic carbocycles. The van der Waals surface area contributed by atoms with Crippen LogP contribution in [0.2, 0.25) is 0 Å². The summed E-state index contributed by atoms with van der Waals surface area (Å²) in [7, 11) is 1.93. The standard InChI is InChI=1S/C10H17N3O3/c1-13(6-9-11-8-16-12-9)7-10(14)2-4-15-5-3-10/h8,14H,2-7H2,1H3. The molecule has 0 spiro atoms. The predicted octanol–water partition coefficient (Wildman–Crippen LogP) is 0.0429. The van der Waals surface area contributed by atoms with E-state index in [-0.39, 0.29) is 0 Å². The molecule has 2 heterocycles. The maximum atomic E-state index is 10.3. The Balaban J connectivity index is 1.84. The van der Waals surface area contributed by atoms with Crippen LogP contribution in [-0.4, -0.2) is 52.6 Å². The summed E-state index contributed by atoms with van der Waals surface area (Å²) in [6.07, 6.45) is 2.68. The Hall–Kier alpha value is -0.980. The molecule has 0 radical (unpaired) electrons. The highest BCUT2D eigenvalue weighted by atomic mass is 16.5. The lowest BCUT2D eigenvalue weighted by molar-refractivity contribution is -0.0779. The number of ether oxygens (including phenoxy) is 1. The third-order valence-corrected chi connectivity index (χ3v) is 2.81. The van der Waals surface area contributed by atoms with Gasteiger partial charge in [0.25, 0.3) is 0 Å². The molecule has 0 unspecified atom stereocenters. The SMILES string of the molecule is CN(Cc1ncon1)CC1(O)CCOCC1. The first-order valence-electron chi connectivity index (χ1n) is 5.42. The lowest BCUT2D eigenvalue weighted by Crippen LogP contribution is -2.45. The fourth-order valence-corrected chi connectivity index (χ4v) is 1.97. The average Bonchev–Trinajstić information content (AvgIpc) is 2.70. The van der Waals surface area contributed by atoms with Gasteiger partial charge in [-0.1, -0.05) is 5.16 Å². The van der Waals surface area contributed by atoms with E-state index in [1.165, 1.54) is 6.39 Å². The van der Waals surface area contributed by atoms with Gasteiger partial charge in [0.05, 0.1) is 12.1 Å². The maximum Gasteiger partial charge on any atom is 0.213 e. The van der Waals surface area contributed by atoms with Crippen molar-refractivity contribution in [3.63, 3.8) is 0 Å². The van der Waals surface area contributed by atoms with Crippen LogP contribution in [0.5, 0.6) is 0 Å². The number of hydrogen-bond acceptors (Lipinski definition) is 6. The number of aliphatic hydroxyl groups is 1. The Labute approximate surface area is 94.2 Å². The zero-order chi connectivity index (χ0) is 11.4. The molecule has 0 saturated carbocycles. The Bertz CT molecular complexity index is 309. The third-order valence-electron chi connectivity index (χ3n) is 2.81. The van der Waals surface area contributed by atoms with E-state index in [1.54, 1.807) is 0 Å². The van der Waals surface area contributed by atoms with Gasteiger partial charge in [-0.2, -0.15) is 4.98 Å². The summed E-state index contributed by atoms with van der Waals surface area (Å²) < 4.78 is 9.89. The lowest BCUT2D eigenvalue weighted by Gasteiger charge is -2.35. The van der Waals surface area contributed by atoms with Crippen molar-refractivity contribution in [2.24, 2.45) is 0 Å². The minimum atomic E-state index is -0.642. The van der Waals surface area contributed by atoms with Crippen LogP contribution < -0.4 is 0 Å². The van der Waals surface area contributed by atoms with Crippen molar-refractivity contribution in [1.82, 2.24) is 15.0 Å². The summed E-state index contributed by atoms with van der Waals surface area (Å²) >= 11 is 0. The van der Waals surface area contributed by atoms with E-state index in [0.717, 1.165) is 0 Å². The molecule has 0 atom stereocenters. The zero-order valence-electron chi connectivity index (χ0n) is 9.43. The topological polar surface area (TPSA) is 71.6 Å². The Morgan fingerprint density at radius 1 is 1.50 bits per heavy atom. The van der Waals surface area contributed by atoms with E-state index in [2.05, 4.69) is 14.7 Å². The van der Waals surface area contributed by atoms with Gasteiger partial charge in [-0.05, 0) is 7.05 Å². The van der Waals surface area contributed by atoms with E-state index in [1.807, 2.05) is 11.9 Å². The second-order valence-corrected chi connectivity index (χ2v) is 4.36. The minimum absolute atomic E-state index is 0.583. The summed E-state index contributed by atoms with van der Waals surface area (Å²) in [6, 6.07) is 0. The van der Waals surface area contributed by atoms with E-state index < -0.39 is 5.60 Å². The van der Waals surface area contributed by atoms with Crippen LogP contribution in [0.1, 0.15) is 18.7 Å². The fraction of sp³-hybridized carbons (Fsp3) is 0.800. The lowest BCUT2D eigenvalue weighted by atomic mass is 9.94. The van der Waals surface area contributed by atoms with Crippen molar-refractivity contribution >= 4 is 0 Å². The normalized spacial score (nSPS) is 20.2. The van der Waals surface area contributed by atoms with Crippen LogP contribution in [0.15, 0.2) is 10.9 Å². The molecule has 0 bridgehead atoms. The average molecular weight is 227 g/mol. The fourth-order valence-electron chi connectivity index (χ4n) is 1.97. The van der Waals surface area contributed by atoms with Gasteiger partial charge in [-0.25, -0.2) is 0 Å². The second kappa shape index (κ2) is 4.90. The molecule has 1 aliphatic heterocycles. The summed E-state index contributed by atoms with van der Waals surface area (Å²) in [5, 5.41) is 14.0. The van der Waals surface area contributed by atoms with Gasteiger partial charge in [0.15, 0.2) is 5.82 Å². The van der Waals surface area contributed by atoms with Crippen molar-refractivity contribution in [2.45, 2.75) is 25.0 Å². The Kier molecular flexibility index (Phi) is 3.52. The molecule has 1 fully saturated rings. The first kappa shape index (κ1) is 11.5. The summed E-state index contributed by atoms with van der Waals surface area (Å²) in [4.78, 5) is 5.94. The first-order valence-corrected chi connectivity index (χ1v) is 5.42. The quantitative estimate of drug-likeness (QED) is 0.783.